The van der Waals surface area contributed by atoms with E-state index >= 15 is 0 Å². The fourth-order valence-corrected chi connectivity index (χ4v) is 4.56. The largest absolute Gasteiger partial charge is 0.497 e. The van der Waals surface area contributed by atoms with Crippen LogP contribution < -0.4 is 15.0 Å². The molecule has 0 radical (unpaired) electrons. The predicted molar refractivity (Wildman–Crippen MR) is 121 cm³/mol. The molecule has 1 N–H and O–H groups in total. The van der Waals surface area contributed by atoms with Gasteiger partial charge in [0.2, 0.25) is 5.82 Å². The van der Waals surface area contributed by atoms with Crippen molar-refractivity contribution in [2.75, 3.05) is 64.4 Å². The number of nitrogens with zero attached hydrogens (tertiary/aromatic N) is 5. The van der Waals surface area contributed by atoms with Crippen LogP contribution in [0.5, 0.6) is 5.75 Å². The van der Waals surface area contributed by atoms with Gasteiger partial charge in [0.15, 0.2) is 0 Å². The van der Waals surface area contributed by atoms with E-state index in [0.29, 0.717) is 43.9 Å². The number of anilines is 1. The maximum Gasteiger partial charge on any atom is 0.324 e. The van der Waals surface area contributed by atoms with E-state index in [1.165, 1.54) is 32.4 Å². The molecule has 0 spiro atoms. The minimum Gasteiger partial charge on any atom is -0.497 e. The maximum absolute atomic E-state index is 12.6. The fourth-order valence-electron chi connectivity index (χ4n) is 4.56. The predicted octanol–water partition coefficient (Wildman–Crippen LogP) is 2.31. The highest BCUT2D eigenvalue weighted by Gasteiger charge is 2.30. The summed E-state index contributed by atoms with van der Waals surface area (Å²) in [6, 6.07) is 8.10. The Morgan fingerprint density at radius 2 is 1.88 bits per heavy atom. The highest BCUT2D eigenvalue weighted by molar-refractivity contribution is 5.74. The summed E-state index contributed by atoms with van der Waals surface area (Å²) < 4.78 is 10.7. The van der Waals surface area contributed by atoms with Gasteiger partial charge in [-0.2, -0.15) is 4.98 Å². The van der Waals surface area contributed by atoms with Crippen LogP contribution in [0.15, 0.2) is 28.8 Å². The summed E-state index contributed by atoms with van der Waals surface area (Å²) in [6.45, 7) is 6.97. The van der Waals surface area contributed by atoms with E-state index in [1.807, 2.05) is 34.1 Å². The number of piperazine rings is 1. The SMILES string of the molecule is COc1ccc(-c2noc(N3CCN(C(=O)NCC4CCN(CC5CC5)C4)CC3)n2)cc1. The number of likely N-dealkylation sites (tertiary alicyclic amines) is 1. The van der Waals surface area contributed by atoms with Crippen LogP contribution in [-0.2, 0) is 0 Å². The lowest BCUT2D eigenvalue weighted by atomic mass is 10.1. The normalized spacial score (nSPS) is 21.7. The number of benzene rings is 1. The first-order valence-electron chi connectivity index (χ1n) is 11.7. The van der Waals surface area contributed by atoms with Crippen LogP contribution in [0.1, 0.15) is 19.3 Å². The molecule has 172 valence electrons. The van der Waals surface area contributed by atoms with Crippen molar-refractivity contribution in [2.24, 2.45) is 11.8 Å². The number of carbonyl (C=O) groups is 1. The van der Waals surface area contributed by atoms with Crippen LogP contribution in [0.25, 0.3) is 11.4 Å². The van der Waals surface area contributed by atoms with E-state index < -0.39 is 0 Å². The highest BCUT2D eigenvalue weighted by Crippen LogP contribution is 2.31. The smallest absolute Gasteiger partial charge is 0.324 e. The molecule has 3 fully saturated rings. The zero-order valence-corrected chi connectivity index (χ0v) is 18.7. The van der Waals surface area contributed by atoms with Crippen LogP contribution in [0, 0.1) is 11.8 Å². The zero-order valence-electron chi connectivity index (χ0n) is 18.7. The molecule has 1 atom stereocenters. The minimum atomic E-state index is 0.0368. The third kappa shape index (κ3) is 4.98. The maximum atomic E-state index is 12.6. The zero-order chi connectivity index (χ0) is 21.9. The second-order valence-corrected chi connectivity index (χ2v) is 9.15. The van der Waals surface area contributed by atoms with Crippen molar-refractivity contribution in [3.8, 4) is 17.1 Å². The molecule has 1 aliphatic carbocycles. The van der Waals surface area contributed by atoms with E-state index in [1.54, 1.807) is 7.11 Å². The van der Waals surface area contributed by atoms with Crippen molar-refractivity contribution in [3.05, 3.63) is 24.3 Å². The standard InChI is InChI=1S/C23H32N6O3/c1-31-20-6-4-19(5-7-20)21-25-23(32-26-21)29-12-10-28(11-13-29)22(30)24-14-18-8-9-27(16-18)15-17-2-3-17/h4-7,17-18H,2-3,8-16H2,1H3,(H,24,30). The van der Waals surface area contributed by atoms with E-state index in [-0.39, 0.29) is 6.03 Å². The number of carbonyl (C=O) groups excluding carboxylic acids is 1. The minimum absolute atomic E-state index is 0.0368. The number of urea groups is 1. The molecule has 1 aromatic heterocycles. The second-order valence-electron chi connectivity index (χ2n) is 9.15. The molecule has 2 aromatic rings. The Hall–Kier alpha value is -2.81. The van der Waals surface area contributed by atoms with E-state index in [4.69, 9.17) is 9.26 Å². The Morgan fingerprint density at radius 1 is 1.09 bits per heavy atom. The Bertz CT molecular complexity index is 905. The summed E-state index contributed by atoms with van der Waals surface area (Å²) in [5.41, 5.74) is 0.876. The molecule has 1 aromatic carbocycles. The number of ether oxygens (including phenoxy) is 1. The molecular formula is C23H32N6O3. The van der Waals surface area contributed by atoms with Gasteiger partial charge < -0.3 is 29.3 Å². The van der Waals surface area contributed by atoms with Crippen LogP contribution in [0.2, 0.25) is 0 Å². The van der Waals surface area contributed by atoms with Gasteiger partial charge >= 0.3 is 12.0 Å². The Labute approximate surface area is 188 Å². The third-order valence-electron chi connectivity index (χ3n) is 6.73. The first kappa shape index (κ1) is 21.1. The van der Waals surface area contributed by atoms with Crippen LogP contribution in [-0.4, -0.2) is 85.4 Å². The van der Waals surface area contributed by atoms with Gasteiger partial charge in [-0.05, 0) is 61.9 Å². The van der Waals surface area contributed by atoms with E-state index in [2.05, 4.69) is 20.4 Å². The molecule has 3 aliphatic rings. The lowest BCUT2D eigenvalue weighted by Crippen LogP contribution is -2.52. The monoisotopic (exact) mass is 440 g/mol. The van der Waals surface area contributed by atoms with Crippen molar-refractivity contribution in [1.29, 1.82) is 0 Å². The van der Waals surface area contributed by atoms with Gasteiger partial charge in [-0.15, -0.1) is 0 Å². The molecule has 1 unspecified atom stereocenters. The lowest BCUT2D eigenvalue weighted by molar-refractivity contribution is 0.191. The molecule has 1 saturated carbocycles. The number of nitrogens with one attached hydrogen (secondary N) is 1. The second kappa shape index (κ2) is 9.36. The summed E-state index contributed by atoms with van der Waals surface area (Å²) >= 11 is 0. The molecule has 9 heteroatoms. The average Bonchev–Trinajstić information content (AvgIpc) is 3.32. The van der Waals surface area contributed by atoms with Gasteiger partial charge in [0.1, 0.15) is 5.75 Å². The van der Waals surface area contributed by atoms with E-state index in [0.717, 1.165) is 30.3 Å². The topological polar surface area (TPSA) is 87.0 Å². The van der Waals surface area contributed by atoms with Crippen LogP contribution in [0.4, 0.5) is 10.8 Å². The molecule has 9 nitrogen and oxygen atoms in total. The van der Waals surface area contributed by atoms with Crippen molar-refractivity contribution in [3.63, 3.8) is 0 Å². The van der Waals surface area contributed by atoms with Crippen molar-refractivity contribution in [2.45, 2.75) is 19.3 Å². The van der Waals surface area contributed by atoms with Crippen molar-refractivity contribution < 1.29 is 14.1 Å². The van der Waals surface area contributed by atoms with Gasteiger partial charge in [0, 0.05) is 51.4 Å². The van der Waals surface area contributed by atoms with Crippen molar-refractivity contribution in [1.82, 2.24) is 25.3 Å². The van der Waals surface area contributed by atoms with Crippen LogP contribution in [0.3, 0.4) is 0 Å². The summed E-state index contributed by atoms with van der Waals surface area (Å²) in [7, 11) is 1.64. The molecule has 32 heavy (non-hydrogen) atoms. The number of hydrogen-bond acceptors (Lipinski definition) is 7. The first-order chi connectivity index (χ1) is 15.7. The Morgan fingerprint density at radius 3 is 2.59 bits per heavy atom. The lowest BCUT2D eigenvalue weighted by Gasteiger charge is -2.33. The Balaban J connectivity index is 1.06. The average molecular weight is 441 g/mol. The number of amides is 2. The van der Waals surface area contributed by atoms with Crippen LogP contribution >= 0.6 is 0 Å². The highest BCUT2D eigenvalue weighted by atomic mass is 16.5. The molecule has 2 saturated heterocycles. The fraction of sp³-hybridized carbons (Fsp3) is 0.609. The van der Waals surface area contributed by atoms with Gasteiger partial charge in [-0.3, -0.25) is 0 Å². The van der Waals surface area contributed by atoms with Crippen molar-refractivity contribution >= 4 is 12.0 Å². The third-order valence-corrected chi connectivity index (χ3v) is 6.73. The number of rotatable bonds is 7. The summed E-state index contributed by atoms with van der Waals surface area (Å²) in [5, 5.41) is 7.26. The quantitative estimate of drug-likeness (QED) is 0.707. The number of methoxy groups -OCH3 is 1. The molecule has 3 heterocycles. The molecule has 2 amide bonds. The Kier molecular flexibility index (Phi) is 6.16. The van der Waals surface area contributed by atoms with E-state index in [9.17, 15) is 4.79 Å². The molecule has 5 rings (SSSR count). The van der Waals surface area contributed by atoms with Gasteiger partial charge in [0.25, 0.3) is 0 Å². The molecular weight excluding hydrogens is 408 g/mol. The number of aromatic nitrogens is 2. The summed E-state index contributed by atoms with van der Waals surface area (Å²) in [5.74, 6) is 2.85. The molecule has 0 bridgehead atoms. The van der Waals surface area contributed by atoms with Gasteiger partial charge in [0.05, 0.1) is 7.11 Å². The molecule has 2 aliphatic heterocycles. The summed E-state index contributed by atoms with van der Waals surface area (Å²) in [6.07, 6.45) is 3.99. The van der Waals surface area contributed by atoms with Gasteiger partial charge in [-0.1, -0.05) is 5.16 Å². The first-order valence-corrected chi connectivity index (χ1v) is 11.7. The van der Waals surface area contributed by atoms with Gasteiger partial charge in [-0.25, -0.2) is 4.79 Å². The summed E-state index contributed by atoms with van der Waals surface area (Å²) in [4.78, 5) is 23.7. The number of hydrogen-bond donors (Lipinski definition) is 1.